The van der Waals surface area contributed by atoms with E-state index < -0.39 is 0 Å². The number of likely N-dealkylation sites (tertiary alicyclic amines) is 1. The molecule has 5 heteroatoms. The van der Waals surface area contributed by atoms with Gasteiger partial charge >= 0.3 is 0 Å². The van der Waals surface area contributed by atoms with Crippen molar-refractivity contribution in [1.82, 2.24) is 15.2 Å². The van der Waals surface area contributed by atoms with Crippen molar-refractivity contribution in [2.45, 2.75) is 12.8 Å². The number of aromatic nitrogens is 1. The number of phenolic OH excluding ortho intramolecular Hbond substituents is 1. The van der Waals surface area contributed by atoms with Crippen LogP contribution >= 0.6 is 0 Å². The number of nitrogens with zero attached hydrogens (tertiary/aromatic N) is 2. The predicted octanol–water partition coefficient (Wildman–Crippen LogP) is 3.68. The van der Waals surface area contributed by atoms with Gasteiger partial charge in [0.25, 0.3) is 5.91 Å². The Kier molecular flexibility index (Phi) is 5.26. The van der Waals surface area contributed by atoms with Crippen molar-refractivity contribution < 1.29 is 9.90 Å². The molecule has 0 radical (unpaired) electrons. The Balaban J connectivity index is 1.44. The molecule has 2 N–H and O–H groups in total. The van der Waals surface area contributed by atoms with E-state index in [1.165, 1.54) is 0 Å². The summed E-state index contributed by atoms with van der Waals surface area (Å²) in [5.41, 5.74) is 3.10. The van der Waals surface area contributed by atoms with Gasteiger partial charge in [-0.05, 0) is 80.4 Å². The summed E-state index contributed by atoms with van der Waals surface area (Å²) in [5, 5.41) is 14.2. The van der Waals surface area contributed by atoms with Crippen molar-refractivity contribution in [2.75, 3.05) is 26.7 Å². The van der Waals surface area contributed by atoms with E-state index >= 15 is 0 Å². The molecule has 0 unspecified atom stereocenters. The fraction of sp³-hybridized carbons (Fsp3) is 0.304. The lowest BCUT2D eigenvalue weighted by Gasteiger charge is -2.28. The molecule has 5 nitrogen and oxygen atoms in total. The van der Waals surface area contributed by atoms with Crippen LogP contribution in [0, 0.1) is 5.92 Å². The van der Waals surface area contributed by atoms with Crippen LogP contribution in [0.2, 0.25) is 0 Å². The molecule has 0 spiro atoms. The third-order valence-corrected chi connectivity index (χ3v) is 5.55. The Morgan fingerprint density at radius 1 is 1.14 bits per heavy atom. The number of amides is 1. The first-order valence-corrected chi connectivity index (χ1v) is 9.75. The molecule has 1 aromatic heterocycles. The van der Waals surface area contributed by atoms with Crippen LogP contribution in [0.25, 0.3) is 22.0 Å². The second-order valence-electron chi connectivity index (χ2n) is 7.60. The van der Waals surface area contributed by atoms with Gasteiger partial charge in [-0.15, -0.1) is 0 Å². The van der Waals surface area contributed by atoms with Crippen LogP contribution in [0.15, 0.2) is 54.7 Å². The molecule has 1 amide bonds. The van der Waals surface area contributed by atoms with Gasteiger partial charge in [0.2, 0.25) is 0 Å². The summed E-state index contributed by atoms with van der Waals surface area (Å²) >= 11 is 0. The lowest BCUT2D eigenvalue weighted by atomic mass is 9.97. The Morgan fingerprint density at radius 3 is 2.64 bits per heavy atom. The summed E-state index contributed by atoms with van der Waals surface area (Å²) in [6.07, 6.45) is 3.94. The minimum Gasteiger partial charge on any atom is -0.506 e. The number of fused-ring (bicyclic) bond motifs is 1. The normalized spacial score (nSPS) is 15.6. The van der Waals surface area contributed by atoms with Crippen molar-refractivity contribution >= 4 is 16.8 Å². The molecule has 0 saturated carbocycles. The number of nitrogens with one attached hydrogen (secondary N) is 1. The highest BCUT2D eigenvalue weighted by Gasteiger charge is 2.17. The van der Waals surface area contributed by atoms with Gasteiger partial charge < -0.3 is 15.3 Å². The van der Waals surface area contributed by atoms with E-state index in [9.17, 15) is 9.90 Å². The minimum atomic E-state index is -0.0314. The zero-order valence-electron chi connectivity index (χ0n) is 16.1. The Hall–Kier alpha value is -2.92. The van der Waals surface area contributed by atoms with E-state index in [1.807, 2.05) is 42.5 Å². The molecule has 1 aliphatic heterocycles. The van der Waals surface area contributed by atoms with Crippen LogP contribution in [-0.2, 0) is 0 Å². The topological polar surface area (TPSA) is 65.5 Å². The quantitative estimate of drug-likeness (QED) is 0.730. The molecule has 0 bridgehead atoms. The van der Waals surface area contributed by atoms with Crippen LogP contribution in [0.5, 0.6) is 5.75 Å². The highest BCUT2D eigenvalue weighted by Crippen LogP contribution is 2.30. The molecule has 0 atom stereocenters. The summed E-state index contributed by atoms with van der Waals surface area (Å²) in [6, 6.07) is 15.0. The SMILES string of the molecule is CN1CCC(CNC(=O)c2ccc(-c3cc(O)c4ncccc4c3)cc2)CC1. The highest BCUT2D eigenvalue weighted by molar-refractivity contribution is 5.95. The molecular formula is C23H25N3O2. The van der Waals surface area contributed by atoms with Crippen molar-refractivity contribution in [3.63, 3.8) is 0 Å². The number of phenols is 1. The first-order chi connectivity index (χ1) is 13.6. The third-order valence-electron chi connectivity index (χ3n) is 5.55. The zero-order valence-corrected chi connectivity index (χ0v) is 16.1. The average Bonchev–Trinajstić information content (AvgIpc) is 2.73. The van der Waals surface area contributed by atoms with Gasteiger partial charge in [0.15, 0.2) is 0 Å². The van der Waals surface area contributed by atoms with Gasteiger partial charge in [-0.2, -0.15) is 0 Å². The van der Waals surface area contributed by atoms with Crippen molar-refractivity contribution in [2.24, 2.45) is 5.92 Å². The number of piperidine rings is 1. The maximum absolute atomic E-state index is 12.5. The average molecular weight is 375 g/mol. The maximum atomic E-state index is 12.5. The Bertz CT molecular complexity index is 977. The number of pyridine rings is 1. The highest BCUT2D eigenvalue weighted by atomic mass is 16.3. The number of carbonyl (C=O) groups excluding carboxylic acids is 1. The van der Waals surface area contributed by atoms with E-state index in [4.69, 9.17) is 0 Å². The smallest absolute Gasteiger partial charge is 0.251 e. The van der Waals surface area contributed by atoms with Crippen LogP contribution in [0.4, 0.5) is 0 Å². The predicted molar refractivity (Wildman–Crippen MR) is 111 cm³/mol. The number of hydrogen-bond acceptors (Lipinski definition) is 4. The summed E-state index contributed by atoms with van der Waals surface area (Å²) in [6.45, 7) is 2.94. The molecule has 2 aromatic carbocycles. The van der Waals surface area contributed by atoms with Gasteiger partial charge in [0.1, 0.15) is 11.3 Å². The summed E-state index contributed by atoms with van der Waals surface area (Å²) in [4.78, 5) is 19.0. The molecule has 3 aromatic rings. The van der Waals surface area contributed by atoms with Crippen molar-refractivity contribution in [3.05, 3.63) is 60.3 Å². The first-order valence-electron chi connectivity index (χ1n) is 9.75. The Labute approximate surface area is 165 Å². The van der Waals surface area contributed by atoms with Crippen LogP contribution in [0.3, 0.4) is 0 Å². The third kappa shape index (κ3) is 3.99. The van der Waals surface area contributed by atoms with E-state index in [0.29, 0.717) is 17.0 Å². The molecule has 1 saturated heterocycles. The van der Waals surface area contributed by atoms with Crippen molar-refractivity contribution in [3.8, 4) is 16.9 Å². The summed E-state index contributed by atoms with van der Waals surface area (Å²) in [7, 11) is 2.14. The van der Waals surface area contributed by atoms with Crippen LogP contribution < -0.4 is 5.32 Å². The van der Waals surface area contributed by atoms with Crippen LogP contribution in [-0.4, -0.2) is 47.6 Å². The van der Waals surface area contributed by atoms with E-state index in [1.54, 1.807) is 12.3 Å². The zero-order chi connectivity index (χ0) is 19.5. The fourth-order valence-corrected chi connectivity index (χ4v) is 3.76. The lowest BCUT2D eigenvalue weighted by molar-refractivity contribution is 0.0939. The summed E-state index contributed by atoms with van der Waals surface area (Å²) in [5.74, 6) is 0.692. The number of aromatic hydroxyl groups is 1. The number of benzene rings is 2. The molecule has 1 aliphatic rings. The van der Waals surface area contributed by atoms with E-state index in [2.05, 4.69) is 22.2 Å². The van der Waals surface area contributed by atoms with Crippen LogP contribution in [0.1, 0.15) is 23.2 Å². The molecule has 0 aliphatic carbocycles. The molecule has 144 valence electrons. The monoisotopic (exact) mass is 375 g/mol. The van der Waals surface area contributed by atoms with Gasteiger partial charge in [0.05, 0.1) is 0 Å². The second-order valence-corrected chi connectivity index (χ2v) is 7.60. The minimum absolute atomic E-state index is 0.0314. The standard InChI is InChI=1S/C23H25N3O2/c1-26-11-8-16(9-12-26)15-25-23(28)18-6-4-17(5-7-18)20-13-19-3-2-10-24-22(19)21(27)14-20/h2-7,10,13-14,16,27H,8-9,11-12,15H2,1H3,(H,25,28). The second kappa shape index (κ2) is 7.98. The molecule has 28 heavy (non-hydrogen) atoms. The first kappa shape index (κ1) is 18.4. The van der Waals surface area contributed by atoms with Gasteiger partial charge in [-0.1, -0.05) is 18.2 Å². The Morgan fingerprint density at radius 2 is 1.89 bits per heavy atom. The number of rotatable bonds is 4. The number of carbonyl (C=O) groups is 1. The maximum Gasteiger partial charge on any atom is 0.251 e. The van der Waals surface area contributed by atoms with E-state index in [0.717, 1.165) is 49.0 Å². The lowest BCUT2D eigenvalue weighted by Crippen LogP contribution is -2.36. The van der Waals surface area contributed by atoms with Gasteiger partial charge in [-0.25, -0.2) is 0 Å². The largest absolute Gasteiger partial charge is 0.506 e. The summed E-state index contributed by atoms with van der Waals surface area (Å²) < 4.78 is 0. The number of hydrogen-bond donors (Lipinski definition) is 2. The van der Waals surface area contributed by atoms with Gasteiger partial charge in [-0.3, -0.25) is 9.78 Å². The molecule has 4 rings (SSSR count). The van der Waals surface area contributed by atoms with Gasteiger partial charge in [0, 0.05) is 23.7 Å². The molecule has 2 heterocycles. The molecular weight excluding hydrogens is 350 g/mol. The fourth-order valence-electron chi connectivity index (χ4n) is 3.76. The molecule has 1 fully saturated rings. The van der Waals surface area contributed by atoms with Crippen molar-refractivity contribution in [1.29, 1.82) is 0 Å². The van der Waals surface area contributed by atoms with E-state index in [-0.39, 0.29) is 11.7 Å².